The second-order valence-corrected chi connectivity index (χ2v) is 8.81. The first-order valence-electron chi connectivity index (χ1n) is 11.5. The average molecular weight is 383 g/mol. The minimum Gasteiger partial charge on any atom is -0.344 e. The van der Waals surface area contributed by atoms with Crippen molar-refractivity contribution in [2.75, 3.05) is 13.1 Å². The summed E-state index contributed by atoms with van der Waals surface area (Å²) < 4.78 is 0. The number of H-pyrrole nitrogens is 2. The molecular weight excluding hydrogens is 348 g/mol. The van der Waals surface area contributed by atoms with Crippen molar-refractivity contribution < 1.29 is 0 Å². The highest BCUT2D eigenvalue weighted by Crippen LogP contribution is 2.26. The van der Waals surface area contributed by atoms with E-state index in [1.165, 1.54) is 111 Å². The summed E-state index contributed by atoms with van der Waals surface area (Å²) in [6, 6.07) is 1.00. The summed E-state index contributed by atoms with van der Waals surface area (Å²) in [5, 5.41) is 6.98. The molecule has 28 heavy (non-hydrogen) atoms. The van der Waals surface area contributed by atoms with Crippen LogP contribution in [0.3, 0.4) is 0 Å². The lowest BCUT2D eigenvalue weighted by molar-refractivity contribution is 0.610. The van der Waals surface area contributed by atoms with E-state index in [1.807, 2.05) is 0 Å². The van der Waals surface area contributed by atoms with Crippen LogP contribution in [0, 0.1) is 0 Å². The molecule has 2 aromatic heterocycles. The molecule has 4 aliphatic rings. The lowest BCUT2D eigenvalue weighted by Gasteiger charge is -2.07. The Balaban J connectivity index is 0.000000122. The number of imidazole rings is 2. The van der Waals surface area contributed by atoms with Gasteiger partial charge in [-0.1, -0.05) is 0 Å². The molecule has 0 bridgehead atoms. The molecule has 2 aliphatic heterocycles. The molecule has 0 spiro atoms. The second kappa shape index (κ2) is 8.37. The van der Waals surface area contributed by atoms with Gasteiger partial charge in [0.15, 0.2) is 0 Å². The maximum Gasteiger partial charge on any atom is 0.123 e. The summed E-state index contributed by atoms with van der Waals surface area (Å²) in [5.74, 6) is 2.38. The zero-order valence-electron chi connectivity index (χ0n) is 16.9. The van der Waals surface area contributed by atoms with Crippen LogP contribution >= 0.6 is 0 Å². The Bertz CT molecular complexity index is 666. The van der Waals surface area contributed by atoms with Crippen molar-refractivity contribution in [3.05, 3.63) is 34.4 Å². The third-order valence-electron chi connectivity index (χ3n) is 6.73. The Labute approximate surface area is 167 Å². The molecule has 2 atom stereocenters. The van der Waals surface area contributed by atoms with Gasteiger partial charge in [-0.2, -0.15) is 0 Å². The molecule has 6 heteroatoms. The number of rotatable bonds is 2. The highest BCUT2D eigenvalue weighted by molar-refractivity contribution is 5.20. The number of hydrogen-bond acceptors (Lipinski definition) is 4. The van der Waals surface area contributed by atoms with Crippen molar-refractivity contribution in [3.8, 4) is 0 Å². The molecule has 4 N–H and O–H groups in total. The Morgan fingerprint density at radius 1 is 0.571 bits per heavy atom. The fraction of sp³-hybridized carbons (Fsp3) is 0.727. The molecule has 0 radical (unpaired) electrons. The van der Waals surface area contributed by atoms with E-state index in [2.05, 4.69) is 20.6 Å². The maximum absolute atomic E-state index is 4.71. The smallest absolute Gasteiger partial charge is 0.123 e. The van der Waals surface area contributed by atoms with Crippen molar-refractivity contribution in [1.82, 2.24) is 30.6 Å². The Morgan fingerprint density at radius 2 is 1.04 bits per heavy atom. The Morgan fingerprint density at radius 3 is 1.43 bits per heavy atom. The third-order valence-corrected chi connectivity index (χ3v) is 6.73. The van der Waals surface area contributed by atoms with Crippen molar-refractivity contribution in [1.29, 1.82) is 0 Å². The lowest BCUT2D eigenvalue weighted by Crippen LogP contribution is -2.14. The van der Waals surface area contributed by atoms with Gasteiger partial charge in [-0.05, 0) is 90.1 Å². The number of hydrogen-bond donors (Lipinski definition) is 4. The number of nitrogens with zero attached hydrogens (tertiary/aromatic N) is 2. The van der Waals surface area contributed by atoms with Crippen LogP contribution in [0.25, 0.3) is 0 Å². The molecule has 2 unspecified atom stereocenters. The minimum absolute atomic E-state index is 0.501. The predicted octanol–water partition coefficient (Wildman–Crippen LogP) is 3.43. The largest absolute Gasteiger partial charge is 0.344 e. The van der Waals surface area contributed by atoms with Gasteiger partial charge < -0.3 is 20.6 Å². The van der Waals surface area contributed by atoms with E-state index in [0.29, 0.717) is 12.1 Å². The van der Waals surface area contributed by atoms with Gasteiger partial charge >= 0.3 is 0 Å². The van der Waals surface area contributed by atoms with E-state index in [-0.39, 0.29) is 0 Å². The van der Waals surface area contributed by atoms with Crippen molar-refractivity contribution >= 4 is 0 Å². The van der Waals surface area contributed by atoms with Gasteiger partial charge in [0.25, 0.3) is 0 Å². The molecule has 6 nitrogen and oxygen atoms in total. The standard InChI is InChI=1S/2C11H17N3/c2*1-2-5-9-8(4-1)13-11(14-9)10-6-3-7-12-10/h2*10,12H,1-7H2,(H,13,14). The summed E-state index contributed by atoms with van der Waals surface area (Å²) in [5.41, 5.74) is 5.47. The first kappa shape index (κ1) is 18.4. The van der Waals surface area contributed by atoms with Crippen LogP contribution in [0.5, 0.6) is 0 Å². The number of aryl methyl sites for hydroxylation is 4. The van der Waals surface area contributed by atoms with E-state index >= 15 is 0 Å². The van der Waals surface area contributed by atoms with E-state index < -0.39 is 0 Å². The fourth-order valence-electron chi connectivity index (χ4n) is 5.12. The molecule has 2 aromatic rings. The average Bonchev–Trinajstić information content (AvgIpc) is 3.54. The number of nitrogens with one attached hydrogen (secondary N) is 4. The second-order valence-electron chi connectivity index (χ2n) is 8.81. The first-order valence-corrected chi connectivity index (χ1v) is 11.5. The van der Waals surface area contributed by atoms with Gasteiger partial charge in [-0.25, -0.2) is 9.97 Å². The molecule has 2 saturated heterocycles. The number of fused-ring (bicyclic) bond motifs is 2. The molecule has 4 heterocycles. The van der Waals surface area contributed by atoms with Crippen LogP contribution in [0.1, 0.15) is 97.9 Å². The van der Waals surface area contributed by atoms with E-state index in [9.17, 15) is 0 Å². The van der Waals surface area contributed by atoms with E-state index in [1.54, 1.807) is 0 Å². The SMILES string of the molecule is C1CCc2[nH]c(C3CCCN3)nc2C1.C1CCc2[nH]c(C3CCCN3)nc2C1. The number of aromatic amines is 2. The summed E-state index contributed by atoms with van der Waals surface area (Å²) in [6.07, 6.45) is 15.1. The normalized spacial score (nSPS) is 26.4. The molecule has 0 amide bonds. The van der Waals surface area contributed by atoms with Crippen molar-refractivity contribution in [2.24, 2.45) is 0 Å². The zero-order valence-corrected chi connectivity index (χ0v) is 16.9. The highest BCUT2D eigenvalue weighted by Gasteiger charge is 2.23. The first-order chi connectivity index (χ1) is 13.9. The fourth-order valence-corrected chi connectivity index (χ4v) is 5.12. The lowest BCUT2D eigenvalue weighted by atomic mass is 10.0. The minimum atomic E-state index is 0.501. The van der Waals surface area contributed by atoms with Crippen molar-refractivity contribution in [3.63, 3.8) is 0 Å². The molecule has 0 aromatic carbocycles. The molecule has 6 rings (SSSR count). The quantitative estimate of drug-likeness (QED) is 0.641. The van der Waals surface area contributed by atoms with Crippen LogP contribution in [-0.4, -0.2) is 33.0 Å². The van der Waals surface area contributed by atoms with E-state index in [0.717, 1.165) is 13.1 Å². The van der Waals surface area contributed by atoms with Crippen LogP contribution < -0.4 is 10.6 Å². The van der Waals surface area contributed by atoms with Gasteiger partial charge in [0.1, 0.15) is 11.6 Å². The van der Waals surface area contributed by atoms with Crippen LogP contribution in [0.2, 0.25) is 0 Å². The Kier molecular flexibility index (Phi) is 5.50. The molecule has 2 aliphatic carbocycles. The van der Waals surface area contributed by atoms with Gasteiger partial charge in [0, 0.05) is 11.4 Å². The summed E-state index contributed by atoms with van der Waals surface area (Å²) >= 11 is 0. The van der Waals surface area contributed by atoms with Gasteiger partial charge in [-0.3, -0.25) is 0 Å². The number of aromatic nitrogens is 4. The van der Waals surface area contributed by atoms with Crippen LogP contribution in [-0.2, 0) is 25.7 Å². The van der Waals surface area contributed by atoms with Gasteiger partial charge in [-0.15, -0.1) is 0 Å². The molecule has 0 saturated carbocycles. The maximum atomic E-state index is 4.71. The summed E-state index contributed by atoms with van der Waals surface area (Å²) in [6.45, 7) is 2.30. The van der Waals surface area contributed by atoms with Gasteiger partial charge in [0.2, 0.25) is 0 Å². The summed E-state index contributed by atoms with van der Waals surface area (Å²) in [4.78, 5) is 16.4. The zero-order chi connectivity index (χ0) is 18.8. The highest BCUT2D eigenvalue weighted by atomic mass is 15.1. The molecular formula is C22H34N6. The van der Waals surface area contributed by atoms with Crippen LogP contribution in [0.15, 0.2) is 0 Å². The Hall–Kier alpha value is -1.66. The molecule has 152 valence electrons. The summed E-state index contributed by atoms with van der Waals surface area (Å²) in [7, 11) is 0. The predicted molar refractivity (Wildman–Crippen MR) is 110 cm³/mol. The topological polar surface area (TPSA) is 81.4 Å². The monoisotopic (exact) mass is 382 g/mol. The van der Waals surface area contributed by atoms with Gasteiger partial charge in [0.05, 0.1) is 23.5 Å². The van der Waals surface area contributed by atoms with Crippen molar-refractivity contribution in [2.45, 2.75) is 89.1 Å². The van der Waals surface area contributed by atoms with E-state index in [4.69, 9.17) is 9.97 Å². The third kappa shape index (κ3) is 3.90. The van der Waals surface area contributed by atoms with Crippen LogP contribution in [0.4, 0.5) is 0 Å². The molecule has 2 fully saturated rings.